The van der Waals surface area contributed by atoms with Gasteiger partial charge in [-0.25, -0.2) is 0 Å². The minimum Gasteiger partial charge on any atom is -0.372 e. The van der Waals surface area contributed by atoms with Gasteiger partial charge in [-0.2, -0.15) is 5.10 Å². The molecule has 136 valence electrons. The van der Waals surface area contributed by atoms with Gasteiger partial charge in [0.15, 0.2) is 0 Å². The monoisotopic (exact) mass is 368 g/mol. The molecule has 0 unspecified atom stereocenters. The number of allylic oxidation sites excluding steroid dienone is 5. The summed E-state index contributed by atoms with van der Waals surface area (Å²) in [4.78, 5) is 2.22. The van der Waals surface area contributed by atoms with Crippen LogP contribution in [-0.2, 0) is 6.42 Å². The number of terminal acetylenes is 1. The maximum Gasteiger partial charge on any atom is 0.0933 e. The van der Waals surface area contributed by atoms with Gasteiger partial charge in [-0.1, -0.05) is 48.4 Å². The lowest BCUT2D eigenvalue weighted by molar-refractivity contribution is 0.172. The summed E-state index contributed by atoms with van der Waals surface area (Å²) in [5.74, 6) is 8.15. The zero-order valence-electron chi connectivity index (χ0n) is 15.3. The number of nitrogens with two attached hydrogens (primary N) is 1. The topological polar surface area (TPSA) is 53.6 Å². The molecule has 0 aliphatic carbocycles. The first-order valence-corrected chi connectivity index (χ1v) is 8.84. The summed E-state index contributed by atoms with van der Waals surface area (Å²) in [5, 5.41) is 7.84. The van der Waals surface area contributed by atoms with E-state index in [0.717, 1.165) is 40.4 Å². The van der Waals surface area contributed by atoms with Crippen LogP contribution in [0.25, 0.3) is 0 Å². The summed E-state index contributed by atoms with van der Waals surface area (Å²) < 4.78 is 0. The van der Waals surface area contributed by atoms with Crippen LogP contribution in [0.3, 0.4) is 0 Å². The van der Waals surface area contributed by atoms with Crippen molar-refractivity contribution in [2.75, 3.05) is 20.1 Å². The number of benzene rings is 1. The lowest BCUT2D eigenvalue weighted by Gasteiger charge is -2.37. The standard InChI is InChI=1S/C21H25ClN4/c1-5-18(21(6-2)25-17-13-26(4)14-17)16(12-24-23)10-11-19-15(3)8-7-9-20(19)22/h2,5,7-10,12,17,25H,1,11,13-14,23H2,3-4H3/b16-10-,21-18+,24-12-. The zero-order chi connectivity index (χ0) is 19.1. The molecule has 1 heterocycles. The number of halogens is 1. The maximum atomic E-state index is 6.33. The van der Waals surface area contributed by atoms with Crippen LogP contribution in [0.2, 0.25) is 5.02 Å². The molecule has 2 rings (SSSR count). The Morgan fingerprint density at radius 2 is 2.27 bits per heavy atom. The summed E-state index contributed by atoms with van der Waals surface area (Å²) in [6.07, 6.45) is 11.7. The molecule has 5 heteroatoms. The Morgan fingerprint density at radius 1 is 1.54 bits per heavy atom. The van der Waals surface area contributed by atoms with Gasteiger partial charge in [-0.3, -0.25) is 0 Å². The molecule has 1 aromatic carbocycles. The number of hydrogen-bond donors (Lipinski definition) is 2. The molecule has 0 amide bonds. The van der Waals surface area contributed by atoms with Crippen LogP contribution < -0.4 is 11.2 Å². The van der Waals surface area contributed by atoms with Gasteiger partial charge in [0, 0.05) is 29.3 Å². The smallest absolute Gasteiger partial charge is 0.0933 e. The molecule has 3 N–H and O–H groups in total. The molecule has 1 aromatic rings. The predicted molar refractivity (Wildman–Crippen MR) is 111 cm³/mol. The molecule has 0 spiro atoms. The third kappa shape index (κ3) is 4.78. The molecular formula is C21H25ClN4. The molecule has 0 aromatic heterocycles. The van der Waals surface area contributed by atoms with E-state index in [1.807, 2.05) is 31.2 Å². The number of aryl methyl sites for hydroxylation is 1. The Balaban J connectivity index is 2.34. The number of likely N-dealkylation sites (tertiary alicyclic amines) is 1. The van der Waals surface area contributed by atoms with Gasteiger partial charge in [-0.05, 0) is 37.6 Å². The van der Waals surface area contributed by atoms with Crippen LogP contribution >= 0.6 is 11.6 Å². The fourth-order valence-electron chi connectivity index (χ4n) is 3.01. The van der Waals surface area contributed by atoms with E-state index in [1.54, 1.807) is 12.3 Å². The first-order valence-electron chi connectivity index (χ1n) is 8.46. The second-order valence-electron chi connectivity index (χ2n) is 6.38. The quantitative estimate of drug-likeness (QED) is 0.256. The Morgan fingerprint density at radius 3 is 2.81 bits per heavy atom. The van der Waals surface area contributed by atoms with E-state index < -0.39 is 0 Å². The van der Waals surface area contributed by atoms with Crippen LogP contribution in [0.15, 0.2) is 58.9 Å². The molecule has 0 saturated carbocycles. The van der Waals surface area contributed by atoms with Crippen molar-refractivity contribution in [2.24, 2.45) is 10.9 Å². The molecule has 1 fully saturated rings. The van der Waals surface area contributed by atoms with E-state index in [1.165, 1.54) is 0 Å². The lowest BCUT2D eigenvalue weighted by atomic mass is 9.99. The molecule has 1 aliphatic heterocycles. The third-order valence-electron chi connectivity index (χ3n) is 4.43. The van der Waals surface area contributed by atoms with Gasteiger partial charge in [-0.15, -0.1) is 6.42 Å². The lowest BCUT2D eigenvalue weighted by Crippen LogP contribution is -2.55. The van der Waals surface area contributed by atoms with Crippen molar-refractivity contribution < 1.29 is 0 Å². The fraction of sp³-hybridized carbons (Fsp3) is 0.286. The van der Waals surface area contributed by atoms with Gasteiger partial charge < -0.3 is 16.1 Å². The fourth-order valence-corrected chi connectivity index (χ4v) is 3.30. The summed E-state index contributed by atoms with van der Waals surface area (Å²) in [7, 11) is 2.07. The van der Waals surface area contributed by atoms with E-state index >= 15 is 0 Å². The molecule has 0 atom stereocenters. The minimum atomic E-state index is 0.336. The number of nitrogens with zero attached hydrogens (tertiary/aromatic N) is 2. The molecule has 4 nitrogen and oxygen atoms in total. The van der Waals surface area contributed by atoms with Crippen molar-refractivity contribution in [3.05, 3.63) is 69.9 Å². The second kappa shape index (κ2) is 9.28. The highest BCUT2D eigenvalue weighted by atomic mass is 35.5. The van der Waals surface area contributed by atoms with Crippen LogP contribution in [0, 0.1) is 19.3 Å². The molecule has 0 radical (unpaired) electrons. The molecular weight excluding hydrogens is 344 g/mol. The Kier molecular flexibility index (Phi) is 7.08. The van der Waals surface area contributed by atoms with Crippen LogP contribution in [0.1, 0.15) is 11.1 Å². The summed E-state index contributed by atoms with van der Waals surface area (Å²) in [6.45, 7) is 7.87. The number of nitrogens with one attached hydrogen (secondary N) is 1. The zero-order valence-corrected chi connectivity index (χ0v) is 16.1. The van der Waals surface area contributed by atoms with E-state index in [0.29, 0.717) is 18.2 Å². The van der Waals surface area contributed by atoms with Gasteiger partial charge in [0.05, 0.1) is 18.0 Å². The Labute approximate surface area is 161 Å². The summed E-state index contributed by atoms with van der Waals surface area (Å²) in [5.41, 5.74) is 4.52. The third-order valence-corrected chi connectivity index (χ3v) is 4.79. The Hall–Kier alpha value is -2.48. The normalized spacial score (nSPS) is 16.8. The van der Waals surface area contributed by atoms with Crippen molar-refractivity contribution in [1.82, 2.24) is 10.2 Å². The van der Waals surface area contributed by atoms with Gasteiger partial charge in [0.1, 0.15) is 0 Å². The van der Waals surface area contributed by atoms with Crippen LogP contribution in [0.4, 0.5) is 0 Å². The summed E-state index contributed by atoms with van der Waals surface area (Å²) in [6, 6.07) is 6.21. The van der Waals surface area contributed by atoms with Gasteiger partial charge >= 0.3 is 0 Å². The average molecular weight is 369 g/mol. The largest absolute Gasteiger partial charge is 0.372 e. The van der Waals surface area contributed by atoms with Crippen molar-refractivity contribution >= 4 is 17.8 Å². The molecule has 1 saturated heterocycles. The highest BCUT2D eigenvalue weighted by Gasteiger charge is 2.24. The average Bonchev–Trinajstić information content (AvgIpc) is 2.59. The second-order valence-corrected chi connectivity index (χ2v) is 6.78. The number of likely N-dealkylation sites (N-methyl/N-ethyl adjacent to an activating group) is 1. The van der Waals surface area contributed by atoms with E-state index in [9.17, 15) is 0 Å². The number of hydrazone groups is 1. The predicted octanol–water partition coefficient (Wildman–Crippen LogP) is 3.04. The van der Waals surface area contributed by atoms with E-state index in [2.05, 4.69) is 34.9 Å². The van der Waals surface area contributed by atoms with Crippen molar-refractivity contribution in [2.45, 2.75) is 19.4 Å². The van der Waals surface area contributed by atoms with E-state index in [4.69, 9.17) is 23.9 Å². The Bertz CT molecular complexity index is 772. The molecule has 26 heavy (non-hydrogen) atoms. The van der Waals surface area contributed by atoms with E-state index in [-0.39, 0.29) is 0 Å². The van der Waals surface area contributed by atoms with Crippen LogP contribution in [-0.4, -0.2) is 37.3 Å². The maximum absolute atomic E-state index is 6.33. The molecule has 1 aliphatic rings. The molecule has 0 bridgehead atoms. The van der Waals surface area contributed by atoms with Crippen LogP contribution in [0.5, 0.6) is 0 Å². The number of rotatable bonds is 7. The number of hydrogen-bond acceptors (Lipinski definition) is 4. The highest BCUT2D eigenvalue weighted by Crippen LogP contribution is 2.22. The summed E-state index contributed by atoms with van der Waals surface area (Å²) >= 11 is 6.33. The first kappa shape index (κ1) is 19.8. The van der Waals surface area contributed by atoms with Gasteiger partial charge in [0.25, 0.3) is 0 Å². The van der Waals surface area contributed by atoms with Crippen molar-refractivity contribution in [1.29, 1.82) is 0 Å². The SMILES string of the molecule is C#C\C(NC1CN(C)C1)=C(C=C)/C(/C=N\N)=C\Cc1c(C)cccc1Cl. The minimum absolute atomic E-state index is 0.336. The highest BCUT2D eigenvalue weighted by molar-refractivity contribution is 6.31. The first-order chi connectivity index (χ1) is 12.5. The van der Waals surface area contributed by atoms with Crippen molar-refractivity contribution in [3.8, 4) is 12.3 Å². The van der Waals surface area contributed by atoms with Gasteiger partial charge in [0.2, 0.25) is 0 Å². The van der Waals surface area contributed by atoms with Crippen molar-refractivity contribution in [3.63, 3.8) is 0 Å².